The summed E-state index contributed by atoms with van der Waals surface area (Å²) in [5.74, 6) is 0.0933. The number of benzene rings is 1. The summed E-state index contributed by atoms with van der Waals surface area (Å²) in [6.07, 6.45) is 2.81. The van der Waals surface area contributed by atoms with E-state index >= 15 is 0 Å². The first kappa shape index (κ1) is 19.1. The Bertz CT molecular complexity index is 837. The summed E-state index contributed by atoms with van der Waals surface area (Å²) in [7, 11) is 0. The molecule has 1 aromatic heterocycles. The molecule has 27 heavy (non-hydrogen) atoms. The fraction of sp³-hybridized carbons (Fsp3) is 0.476. The Balaban J connectivity index is 1.84. The van der Waals surface area contributed by atoms with E-state index < -0.39 is 0 Å². The Morgan fingerprint density at radius 1 is 1.22 bits per heavy atom. The van der Waals surface area contributed by atoms with E-state index in [9.17, 15) is 9.59 Å². The first-order valence-electron chi connectivity index (χ1n) is 9.77. The number of carbonyl (C=O) groups excluding carboxylic acids is 2. The van der Waals surface area contributed by atoms with Crippen LogP contribution in [0.2, 0.25) is 0 Å². The summed E-state index contributed by atoms with van der Waals surface area (Å²) >= 11 is 0. The van der Waals surface area contributed by atoms with Crippen molar-refractivity contribution in [3.05, 3.63) is 52.6 Å². The highest BCUT2D eigenvalue weighted by Crippen LogP contribution is 2.22. The molecule has 0 aliphatic carbocycles. The van der Waals surface area contributed by atoms with Crippen molar-refractivity contribution >= 4 is 11.8 Å². The van der Waals surface area contributed by atoms with Gasteiger partial charge in [0.15, 0.2) is 5.82 Å². The summed E-state index contributed by atoms with van der Waals surface area (Å²) in [6, 6.07) is 8.06. The summed E-state index contributed by atoms with van der Waals surface area (Å²) in [6.45, 7) is 8.40. The Morgan fingerprint density at radius 2 is 2.00 bits per heavy atom. The predicted octanol–water partition coefficient (Wildman–Crippen LogP) is 2.94. The number of amides is 2. The highest BCUT2D eigenvalue weighted by Gasteiger charge is 2.28. The zero-order chi connectivity index (χ0) is 19.4. The number of nitrogens with zero attached hydrogens (tertiary/aromatic N) is 3. The van der Waals surface area contributed by atoms with Gasteiger partial charge in [-0.25, -0.2) is 4.98 Å². The smallest absolute Gasteiger partial charge is 0.289 e. The zero-order valence-electron chi connectivity index (χ0n) is 16.4. The molecule has 1 N–H and O–H groups in total. The van der Waals surface area contributed by atoms with Crippen LogP contribution in [0, 0.1) is 6.92 Å². The molecule has 6 nitrogen and oxygen atoms in total. The van der Waals surface area contributed by atoms with Crippen LogP contribution in [0.4, 0.5) is 0 Å². The summed E-state index contributed by atoms with van der Waals surface area (Å²) in [4.78, 5) is 31.9. The first-order valence-corrected chi connectivity index (χ1v) is 9.77. The van der Waals surface area contributed by atoms with Crippen LogP contribution < -0.4 is 5.32 Å². The van der Waals surface area contributed by atoms with Gasteiger partial charge in [-0.3, -0.25) is 9.59 Å². The quantitative estimate of drug-likeness (QED) is 0.852. The minimum Gasteiger partial charge on any atom is -0.347 e. The molecule has 2 aromatic rings. The van der Waals surface area contributed by atoms with Gasteiger partial charge in [0.25, 0.3) is 11.8 Å². The molecule has 6 heteroatoms. The molecule has 0 unspecified atom stereocenters. The van der Waals surface area contributed by atoms with E-state index in [0.717, 1.165) is 42.6 Å². The lowest BCUT2D eigenvalue weighted by Gasteiger charge is -2.21. The van der Waals surface area contributed by atoms with E-state index in [2.05, 4.69) is 16.4 Å². The molecule has 0 saturated heterocycles. The third kappa shape index (κ3) is 4.04. The lowest BCUT2D eigenvalue weighted by atomic mass is 10.1. The average Bonchev–Trinajstić information content (AvgIpc) is 3.07. The molecule has 3 rings (SSSR count). The molecule has 0 atom stereocenters. The SMILES string of the molecule is CCN(CC)C(=O)c1nc(C(=O)NCc2cccc(C)c2)c2n1CCCC2. The second kappa shape index (κ2) is 8.37. The minimum atomic E-state index is -0.208. The number of hydrogen-bond donors (Lipinski definition) is 1. The van der Waals surface area contributed by atoms with E-state index in [1.165, 1.54) is 0 Å². The van der Waals surface area contributed by atoms with Crippen LogP contribution in [-0.4, -0.2) is 39.4 Å². The third-order valence-corrected chi connectivity index (χ3v) is 5.11. The molecule has 0 saturated carbocycles. The van der Waals surface area contributed by atoms with E-state index in [4.69, 9.17) is 0 Å². The van der Waals surface area contributed by atoms with Crippen molar-refractivity contribution in [3.8, 4) is 0 Å². The number of imidazole rings is 1. The summed E-state index contributed by atoms with van der Waals surface area (Å²) < 4.78 is 1.95. The van der Waals surface area contributed by atoms with Crippen molar-refractivity contribution in [2.24, 2.45) is 0 Å². The molecule has 0 bridgehead atoms. The maximum absolute atomic E-state index is 12.8. The Hall–Kier alpha value is -2.63. The number of aryl methyl sites for hydroxylation is 1. The van der Waals surface area contributed by atoms with Crippen molar-refractivity contribution in [1.82, 2.24) is 19.8 Å². The van der Waals surface area contributed by atoms with Crippen molar-refractivity contribution in [2.75, 3.05) is 13.1 Å². The Labute approximate surface area is 160 Å². The first-order chi connectivity index (χ1) is 13.0. The highest BCUT2D eigenvalue weighted by molar-refractivity contribution is 5.97. The van der Waals surface area contributed by atoms with Crippen LogP contribution in [0.25, 0.3) is 0 Å². The van der Waals surface area contributed by atoms with Crippen LogP contribution in [0.5, 0.6) is 0 Å². The predicted molar refractivity (Wildman–Crippen MR) is 105 cm³/mol. The number of carbonyl (C=O) groups is 2. The van der Waals surface area contributed by atoms with Gasteiger partial charge in [0.1, 0.15) is 5.69 Å². The second-order valence-corrected chi connectivity index (χ2v) is 6.99. The highest BCUT2D eigenvalue weighted by atomic mass is 16.2. The van der Waals surface area contributed by atoms with Gasteiger partial charge in [-0.1, -0.05) is 29.8 Å². The maximum Gasteiger partial charge on any atom is 0.289 e. The maximum atomic E-state index is 12.8. The minimum absolute atomic E-state index is 0.0964. The second-order valence-electron chi connectivity index (χ2n) is 6.99. The number of hydrogen-bond acceptors (Lipinski definition) is 3. The average molecular weight is 368 g/mol. The van der Waals surface area contributed by atoms with E-state index in [1.54, 1.807) is 4.90 Å². The van der Waals surface area contributed by atoms with Gasteiger partial charge in [0, 0.05) is 26.2 Å². The van der Waals surface area contributed by atoms with Crippen molar-refractivity contribution in [2.45, 2.75) is 53.1 Å². The van der Waals surface area contributed by atoms with Crippen molar-refractivity contribution in [1.29, 1.82) is 0 Å². The van der Waals surface area contributed by atoms with E-state index in [1.807, 2.05) is 43.5 Å². The van der Waals surface area contributed by atoms with Gasteiger partial charge in [-0.15, -0.1) is 0 Å². The number of nitrogens with one attached hydrogen (secondary N) is 1. The Kier molecular flexibility index (Phi) is 5.94. The van der Waals surface area contributed by atoms with Crippen LogP contribution in [0.1, 0.15) is 64.6 Å². The monoisotopic (exact) mass is 368 g/mol. The molecule has 2 heterocycles. The summed E-state index contributed by atoms with van der Waals surface area (Å²) in [5, 5.41) is 2.96. The molecule has 2 amide bonds. The van der Waals surface area contributed by atoms with Gasteiger partial charge in [0.2, 0.25) is 0 Å². The third-order valence-electron chi connectivity index (χ3n) is 5.11. The molecule has 1 aliphatic heterocycles. The molecule has 0 spiro atoms. The standard InChI is InChI=1S/C21H28N4O2/c1-4-24(5-2)21(27)19-23-18(17-11-6-7-12-25(17)19)20(26)22-14-16-10-8-9-15(3)13-16/h8-10,13H,4-7,11-12,14H2,1-3H3,(H,22,26). The zero-order valence-corrected chi connectivity index (χ0v) is 16.4. The van der Waals surface area contributed by atoms with Gasteiger partial charge in [0.05, 0.1) is 5.69 Å². The fourth-order valence-corrected chi connectivity index (χ4v) is 3.63. The lowest BCUT2D eigenvalue weighted by molar-refractivity contribution is 0.0754. The molecule has 0 fully saturated rings. The molecular weight excluding hydrogens is 340 g/mol. The van der Waals surface area contributed by atoms with Gasteiger partial charge < -0.3 is 14.8 Å². The lowest BCUT2D eigenvalue weighted by Crippen LogP contribution is -2.33. The molecule has 144 valence electrons. The fourth-order valence-electron chi connectivity index (χ4n) is 3.63. The molecule has 1 aromatic carbocycles. The van der Waals surface area contributed by atoms with Crippen LogP contribution >= 0.6 is 0 Å². The van der Waals surface area contributed by atoms with Crippen molar-refractivity contribution < 1.29 is 9.59 Å². The summed E-state index contributed by atoms with van der Waals surface area (Å²) in [5.41, 5.74) is 3.50. The van der Waals surface area contributed by atoms with E-state index in [0.29, 0.717) is 31.2 Å². The topological polar surface area (TPSA) is 67.2 Å². The molecule has 0 radical (unpaired) electrons. The van der Waals surface area contributed by atoms with Gasteiger partial charge in [-0.2, -0.15) is 0 Å². The number of rotatable bonds is 6. The van der Waals surface area contributed by atoms with E-state index in [-0.39, 0.29) is 11.8 Å². The molecule has 1 aliphatic rings. The van der Waals surface area contributed by atoms with Crippen LogP contribution in [0.3, 0.4) is 0 Å². The normalized spacial score (nSPS) is 13.1. The number of fused-ring (bicyclic) bond motifs is 1. The van der Waals surface area contributed by atoms with Gasteiger partial charge >= 0.3 is 0 Å². The number of aromatic nitrogens is 2. The van der Waals surface area contributed by atoms with Gasteiger partial charge in [-0.05, 0) is 45.6 Å². The van der Waals surface area contributed by atoms with Crippen LogP contribution in [-0.2, 0) is 19.5 Å². The van der Waals surface area contributed by atoms with Crippen LogP contribution in [0.15, 0.2) is 24.3 Å². The Morgan fingerprint density at radius 3 is 2.70 bits per heavy atom. The largest absolute Gasteiger partial charge is 0.347 e. The molecular formula is C21H28N4O2. The van der Waals surface area contributed by atoms with Crippen molar-refractivity contribution in [3.63, 3.8) is 0 Å².